The third-order valence-corrected chi connectivity index (χ3v) is 6.41. The molecule has 9 nitrogen and oxygen atoms in total. The summed E-state index contributed by atoms with van der Waals surface area (Å²) in [6.07, 6.45) is 0. The van der Waals surface area contributed by atoms with E-state index in [2.05, 4.69) is 15.5 Å². The van der Waals surface area contributed by atoms with Gasteiger partial charge in [0, 0.05) is 51.0 Å². The first-order chi connectivity index (χ1) is 15.2. The average Bonchev–Trinajstić information content (AvgIpc) is 3.25. The van der Waals surface area contributed by atoms with Gasteiger partial charge in [0.15, 0.2) is 0 Å². The van der Waals surface area contributed by atoms with Gasteiger partial charge in [0.25, 0.3) is 0 Å². The molecule has 0 unspecified atom stereocenters. The molecule has 0 aliphatic carbocycles. The fourth-order valence-corrected chi connectivity index (χ4v) is 4.79. The summed E-state index contributed by atoms with van der Waals surface area (Å²) in [6, 6.07) is 1.12. The van der Waals surface area contributed by atoms with Crippen molar-refractivity contribution in [3.05, 3.63) is 33.7 Å². The first kappa shape index (κ1) is 24.1. The van der Waals surface area contributed by atoms with Crippen LogP contribution < -0.4 is 10.6 Å². The number of nitrogens with one attached hydrogen (secondary N) is 2. The highest BCUT2D eigenvalue weighted by Gasteiger charge is 2.38. The van der Waals surface area contributed by atoms with Crippen molar-refractivity contribution < 1.29 is 19.1 Å². The SMILES string of the molecule is CCOC(=O)C1=C(CN2CCN(C(=O)NC(C)C)[C@@H](C)C2)N(C)C(=O)N[C@H]1c1ccsc1. The Bertz CT molecular complexity index is 870. The molecule has 0 spiro atoms. The molecule has 3 heterocycles. The van der Waals surface area contributed by atoms with Crippen molar-refractivity contribution in [2.45, 2.75) is 45.8 Å². The van der Waals surface area contributed by atoms with Gasteiger partial charge >= 0.3 is 18.0 Å². The number of rotatable bonds is 6. The number of piperazine rings is 1. The Morgan fingerprint density at radius 1 is 1.34 bits per heavy atom. The van der Waals surface area contributed by atoms with Crippen LogP contribution in [0.5, 0.6) is 0 Å². The van der Waals surface area contributed by atoms with Crippen molar-refractivity contribution in [2.24, 2.45) is 0 Å². The second kappa shape index (κ2) is 10.4. The van der Waals surface area contributed by atoms with E-state index in [0.29, 0.717) is 37.4 Å². The lowest BCUT2D eigenvalue weighted by Crippen LogP contribution is -2.58. The summed E-state index contributed by atoms with van der Waals surface area (Å²) < 4.78 is 5.37. The fourth-order valence-electron chi connectivity index (χ4n) is 4.11. The summed E-state index contributed by atoms with van der Waals surface area (Å²) in [7, 11) is 1.67. The Labute approximate surface area is 193 Å². The van der Waals surface area contributed by atoms with E-state index in [-0.39, 0.29) is 30.8 Å². The number of likely N-dealkylation sites (N-methyl/N-ethyl adjacent to an activating group) is 1. The number of hydrogen-bond acceptors (Lipinski definition) is 6. The van der Waals surface area contributed by atoms with Crippen LogP contribution in [0.4, 0.5) is 9.59 Å². The van der Waals surface area contributed by atoms with Gasteiger partial charge in [-0.15, -0.1) is 0 Å². The lowest BCUT2D eigenvalue weighted by molar-refractivity contribution is -0.139. The molecule has 2 N–H and O–H groups in total. The summed E-state index contributed by atoms with van der Waals surface area (Å²) >= 11 is 1.51. The highest BCUT2D eigenvalue weighted by atomic mass is 32.1. The van der Waals surface area contributed by atoms with Gasteiger partial charge < -0.3 is 20.3 Å². The molecule has 4 amide bonds. The Kier molecular flexibility index (Phi) is 7.78. The van der Waals surface area contributed by atoms with Crippen LogP contribution in [0.25, 0.3) is 0 Å². The quantitative estimate of drug-likeness (QED) is 0.632. The number of amides is 4. The molecule has 2 atom stereocenters. The third-order valence-electron chi connectivity index (χ3n) is 5.71. The van der Waals surface area contributed by atoms with Gasteiger partial charge in [-0.2, -0.15) is 11.3 Å². The average molecular weight is 464 g/mol. The molecule has 0 saturated carbocycles. The number of carbonyl (C=O) groups excluding carboxylic acids is 3. The van der Waals surface area contributed by atoms with Crippen molar-refractivity contribution in [1.82, 2.24) is 25.3 Å². The van der Waals surface area contributed by atoms with Crippen molar-refractivity contribution in [3.63, 3.8) is 0 Å². The zero-order valence-corrected chi connectivity index (χ0v) is 20.2. The first-order valence-electron chi connectivity index (χ1n) is 11.0. The molecular weight excluding hydrogens is 430 g/mol. The van der Waals surface area contributed by atoms with Gasteiger partial charge in [-0.1, -0.05) is 0 Å². The molecule has 2 aliphatic rings. The van der Waals surface area contributed by atoms with E-state index in [1.165, 1.54) is 16.2 Å². The molecule has 0 aromatic carbocycles. The Morgan fingerprint density at radius 3 is 2.69 bits per heavy atom. The van der Waals surface area contributed by atoms with E-state index in [0.717, 1.165) is 5.56 Å². The maximum Gasteiger partial charge on any atom is 0.338 e. The van der Waals surface area contributed by atoms with E-state index >= 15 is 0 Å². The Morgan fingerprint density at radius 2 is 2.09 bits per heavy atom. The standard InChI is InChI=1S/C22H33N5O4S/c1-6-31-20(28)18-17(25(5)21(29)24-19(18)16-7-10-32-13-16)12-26-8-9-27(15(4)11-26)22(30)23-14(2)3/h7,10,13-15,19H,6,8-9,11-12H2,1-5H3,(H,23,30)(H,24,29)/t15-,19-/m0/s1. The number of nitrogens with zero attached hydrogens (tertiary/aromatic N) is 3. The minimum absolute atomic E-state index is 0.00420. The van der Waals surface area contributed by atoms with E-state index in [1.54, 1.807) is 14.0 Å². The van der Waals surface area contributed by atoms with Crippen LogP contribution in [-0.4, -0.2) is 84.6 Å². The lowest BCUT2D eigenvalue weighted by atomic mass is 9.96. The molecular formula is C22H33N5O4S. The van der Waals surface area contributed by atoms with Crippen LogP contribution in [0.15, 0.2) is 28.1 Å². The van der Waals surface area contributed by atoms with Gasteiger partial charge in [-0.25, -0.2) is 14.4 Å². The summed E-state index contributed by atoms with van der Waals surface area (Å²) in [6.45, 7) is 10.2. The second-order valence-corrected chi connectivity index (χ2v) is 9.24. The Balaban J connectivity index is 1.85. The summed E-state index contributed by atoms with van der Waals surface area (Å²) in [5.41, 5.74) is 1.95. The number of thiophene rings is 1. The van der Waals surface area contributed by atoms with E-state index in [9.17, 15) is 14.4 Å². The molecule has 1 saturated heterocycles. The first-order valence-corrected chi connectivity index (χ1v) is 11.9. The summed E-state index contributed by atoms with van der Waals surface area (Å²) in [5.74, 6) is -0.423. The van der Waals surface area contributed by atoms with E-state index < -0.39 is 12.0 Å². The number of ether oxygens (including phenoxy) is 1. The molecule has 1 aromatic heterocycles. The van der Waals surface area contributed by atoms with Gasteiger partial charge in [-0.05, 0) is 50.1 Å². The highest BCUT2D eigenvalue weighted by Crippen LogP contribution is 2.32. The maximum atomic E-state index is 13.0. The van der Waals surface area contributed by atoms with Gasteiger partial charge in [0.1, 0.15) is 0 Å². The molecule has 0 radical (unpaired) electrons. The van der Waals surface area contributed by atoms with Crippen LogP contribution in [-0.2, 0) is 9.53 Å². The number of esters is 1. The molecule has 176 valence electrons. The number of hydrogen-bond donors (Lipinski definition) is 2. The largest absolute Gasteiger partial charge is 0.463 e. The minimum atomic E-state index is -0.547. The topological polar surface area (TPSA) is 94.2 Å². The smallest absolute Gasteiger partial charge is 0.338 e. The highest BCUT2D eigenvalue weighted by molar-refractivity contribution is 7.08. The predicted octanol–water partition coefficient (Wildman–Crippen LogP) is 2.39. The van der Waals surface area contributed by atoms with Crippen molar-refractivity contribution in [2.75, 3.05) is 39.8 Å². The predicted molar refractivity (Wildman–Crippen MR) is 123 cm³/mol. The molecule has 3 rings (SSSR count). The zero-order valence-electron chi connectivity index (χ0n) is 19.4. The van der Waals surface area contributed by atoms with Crippen molar-refractivity contribution in [1.29, 1.82) is 0 Å². The van der Waals surface area contributed by atoms with E-state index in [4.69, 9.17) is 4.74 Å². The van der Waals surface area contributed by atoms with Crippen LogP contribution >= 0.6 is 11.3 Å². The van der Waals surface area contributed by atoms with Gasteiger partial charge in [0.2, 0.25) is 0 Å². The Hall–Kier alpha value is -2.59. The molecule has 1 aromatic rings. The maximum absolute atomic E-state index is 13.0. The number of carbonyl (C=O) groups is 3. The lowest BCUT2D eigenvalue weighted by Gasteiger charge is -2.42. The third kappa shape index (κ3) is 5.24. The fraction of sp³-hybridized carbons (Fsp3) is 0.591. The van der Waals surface area contributed by atoms with Crippen LogP contribution in [0, 0.1) is 0 Å². The van der Waals surface area contributed by atoms with Crippen LogP contribution in [0.3, 0.4) is 0 Å². The number of urea groups is 2. The zero-order chi connectivity index (χ0) is 23.4. The second-order valence-electron chi connectivity index (χ2n) is 8.46. The molecule has 0 bridgehead atoms. The van der Waals surface area contributed by atoms with Crippen LogP contribution in [0.1, 0.15) is 39.3 Å². The van der Waals surface area contributed by atoms with Crippen molar-refractivity contribution in [3.8, 4) is 0 Å². The molecule has 10 heteroatoms. The monoisotopic (exact) mass is 463 g/mol. The minimum Gasteiger partial charge on any atom is -0.463 e. The molecule has 32 heavy (non-hydrogen) atoms. The van der Waals surface area contributed by atoms with Gasteiger partial charge in [0.05, 0.1) is 18.2 Å². The van der Waals surface area contributed by atoms with Crippen LogP contribution in [0.2, 0.25) is 0 Å². The summed E-state index contributed by atoms with van der Waals surface area (Å²) in [4.78, 5) is 43.7. The van der Waals surface area contributed by atoms with Crippen molar-refractivity contribution >= 4 is 29.4 Å². The summed E-state index contributed by atoms with van der Waals surface area (Å²) in [5, 5.41) is 9.73. The normalized spacial score (nSPS) is 22.2. The van der Waals surface area contributed by atoms with E-state index in [1.807, 2.05) is 42.5 Å². The molecule has 1 fully saturated rings. The van der Waals surface area contributed by atoms with Gasteiger partial charge in [-0.3, -0.25) is 9.80 Å². The molecule has 2 aliphatic heterocycles.